The van der Waals surface area contributed by atoms with Gasteiger partial charge in [0.1, 0.15) is 0 Å². The summed E-state index contributed by atoms with van der Waals surface area (Å²) in [5.41, 5.74) is 8.91. The number of nitrogens with zero attached hydrogens (tertiary/aromatic N) is 2. The van der Waals surface area contributed by atoms with Crippen molar-refractivity contribution in [2.24, 2.45) is 0 Å². The average molecular weight is 672 g/mol. The first-order valence-corrected chi connectivity index (χ1v) is 11.7. The van der Waals surface area contributed by atoms with Gasteiger partial charge in [-0.2, -0.15) is 9.81 Å². The molecule has 0 N–H and O–H groups in total. The molecule has 2 nitrogen and oxygen atoms in total. The number of aromatic nitrogens is 2. The zero-order chi connectivity index (χ0) is 24.3. The van der Waals surface area contributed by atoms with E-state index in [2.05, 4.69) is 75.2 Å². The molecule has 1 spiro atoms. The summed E-state index contributed by atoms with van der Waals surface area (Å²) in [5.74, 6) is 0. The van der Waals surface area contributed by atoms with E-state index in [-0.39, 0.29) is 26.5 Å². The molecule has 0 saturated carbocycles. The third-order valence-electron chi connectivity index (χ3n) is 6.11. The molecule has 0 amide bonds. The predicted octanol–water partition coefficient (Wildman–Crippen LogP) is 6.98. The van der Waals surface area contributed by atoms with Gasteiger partial charge < -0.3 is 25.3 Å². The molecule has 5 rings (SSSR count). The van der Waals surface area contributed by atoms with Crippen molar-refractivity contribution in [3.05, 3.63) is 149 Å². The van der Waals surface area contributed by atoms with Crippen LogP contribution in [0.3, 0.4) is 0 Å². The summed E-state index contributed by atoms with van der Waals surface area (Å²) in [4.78, 5) is 10.6. The second-order valence-electron chi connectivity index (χ2n) is 7.76. The molecule has 0 saturated heterocycles. The zero-order valence-corrected chi connectivity index (χ0v) is 23.2. The number of pyridine rings is 2. The van der Waals surface area contributed by atoms with Crippen LogP contribution in [0.5, 0.6) is 0 Å². The molecule has 3 aromatic rings. The molecule has 0 radical (unpaired) electrons. The molecule has 176 valence electrons. The average Bonchev–Trinajstić information content (AvgIpc) is 3.35. The Balaban J connectivity index is 0.000000332. The van der Waals surface area contributed by atoms with Crippen LogP contribution in [0.4, 0.5) is 0 Å². The number of hydrogen-bond donors (Lipinski definition) is 0. The van der Waals surface area contributed by atoms with Crippen molar-refractivity contribution in [3.63, 3.8) is 0 Å². The van der Waals surface area contributed by atoms with Gasteiger partial charge in [0, 0.05) is 12.4 Å². The van der Waals surface area contributed by atoms with Gasteiger partial charge in [-0.1, -0.05) is 73.4 Å². The van der Waals surface area contributed by atoms with E-state index in [1.807, 2.05) is 30.6 Å². The maximum atomic E-state index is 4.75. The third kappa shape index (κ3) is 4.21. The van der Waals surface area contributed by atoms with Gasteiger partial charge in [0.05, 0.1) is 16.8 Å². The van der Waals surface area contributed by atoms with Crippen molar-refractivity contribution in [2.75, 3.05) is 0 Å². The van der Waals surface area contributed by atoms with E-state index in [4.69, 9.17) is 35.2 Å². The Morgan fingerprint density at radius 1 is 0.800 bits per heavy atom. The van der Waals surface area contributed by atoms with Gasteiger partial charge in [0.15, 0.2) is 0 Å². The Bertz CT molecular complexity index is 1340. The van der Waals surface area contributed by atoms with Crippen molar-refractivity contribution in [2.45, 2.75) is 12.3 Å². The van der Waals surface area contributed by atoms with Crippen LogP contribution < -0.4 is 0 Å². The zero-order valence-electron chi connectivity index (χ0n) is 19.3. The van der Waals surface area contributed by atoms with Gasteiger partial charge in [-0.15, -0.1) is 13.2 Å². The van der Waals surface area contributed by atoms with Crippen LogP contribution in [0.15, 0.2) is 126 Å². The molecular weight excluding hydrogens is 648 g/mol. The molecule has 2 heterocycles. The fourth-order valence-corrected chi connectivity index (χ4v) is 5.03. The summed E-state index contributed by atoms with van der Waals surface area (Å²) in [6.07, 6.45) is 13.1. The summed E-state index contributed by atoms with van der Waals surface area (Å²) in [6.45, 7) is 13.2. The second-order valence-corrected chi connectivity index (χ2v) is 8.64. The van der Waals surface area contributed by atoms with E-state index in [0.717, 1.165) is 11.4 Å². The molecule has 0 aliphatic heterocycles. The largest absolute Gasteiger partial charge is 2.00 e. The van der Waals surface area contributed by atoms with Gasteiger partial charge in [0.2, 0.25) is 0 Å². The van der Waals surface area contributed by atoms with Crippen LogP contribution in [-0.4, -0.2) is 9.97 Å². The van der Waals surface area contributed by atoms with Crippen molar-refractivity contribution >= 4 is 30.8 Å². The van der Waals surface area contributed by atoms with Gasteiger partial charge >= 0.3 is 21.1 Å². The van der Waals surface area contributed by atoms with Gasteiger partial charge in [-0.05, 0) is 52.5 Å². The maximum absolute atomic E-state index is 4.75. The van der Waals surface area contributed by atoms with Crippen LogP contribution in [0, 0.1) is 0 Å². The molecule has 2 aliphatic carbocycles. The predicted molar refractivity (Wildman–Crippen MR) is 148 cm³/mol. The van der Waals surface area contributed by atoms with Crippen LogP contribution in [0.2, 0.25) is 0 Å². The molecule has 5 heteroatoms. The molecule has 2 aliphatic rings. The Hall–Kier alpha value is -2.91. The Kier molecular flexibility index (Phi) is 8.55. The number of benzene rings is 1. The minimum Gasteiger partial charge on any atom is -0.781 e. The van der Waals surface area contributed by atoms with E-state index in [1.54, 1.807) is 12.2 Å². The third-order valence-corrected chi connectivity index (χ3v) is 7.02. The standard InChI is InChI=1S/C24H18N2.C6H8S2.Pt/c1-3-9-16-17-10-5-6-11-19(17)24(18(16)4-2)20-12-7-14-25-22(20)23-21(24)13-8-15-26-23;1-3-5(7)6(8)4-2;/h3-15H,2H2,1H3;3-4,7-8H,1-2H2;/q;;+2/p-2/b9-3-;6-5-;. The number of fused-ring (bicyclic) bond motifs is 7. The summed E-state index contributed by atoms with van der Waals surface area (Å²) in [7, 11) is 0. The molecule has 1 aromatic carbocycles. The van der Waals surface area contributed by atoms with Crippen LogP contribution >= 0.6 is 0 Å². The Labute approximate surface area is 233 Å². The first-order valence-electron chi connectivity index (χ1n) is 10.9. The smallest absolute Gasteiger partial charge is 0.781 e. The fourth-order valence-electron chi connectivity index (χ4n) is 4.87. The normalized spacial score (nSPS) is 14.7. The van der Waals surface area contributed by atoms with E-state index >= 15 is 0 Å². The van der Waals surface area contributed by atoms with E-state index in [9.17, 15) is 0 Å². The first kappa shape index (κ1) is 26.7. The van der Waals surface area contributed by atoms with Crippen molar-refractivity contribution < 1.29 is 21.1 Å². The number of rotatable bonds is 4. The number of hydrogen-bond acceptors (Lipinski definition) is 4. The molecule has 2 aromatic heterocycles. The molecule has 0 fully saturated rings. The quantitative estimate of drug-likeness (QED) is 0.221. The minimum atomic E-state index is -0.389. The second kappa shape index (κ2) is 11.2. The number of allylic oxidation sites excluding steroid dienone is 7. The van der Waals surface area contributed by atoms with Gasteiger partial charge in [0.25, 0.3) is 0 Å². The summed E-state index contributed by atoms with van der Waals surface area (Å²) in [6, 6.07) is 17.1. The molecule has 0 atom stereocenters. The van der Waals surface area contributed by atoms with Gasteiger partial charge in [-0.25, -0.2) is 0 Å². The summed E-state index contributed by atoms with van der Waals surface area (Å²) in [5, 5.41) is 0. The molecular formula is C30H24N2PtS2. The molecule has 35 heavy (non-hydrogen) atoms. The SMILES string of the molecule is C=C/C([S-])=C(/[S-])C=C.C=CC1=C(/C=C\C)c2ccccc2C12c1cccnc1-c1ncccc12.[Pt+2]. The van der Waals surface area contributed by atoms with E-state index < -0.39 is 0 Å². The molecule has 0 bridgehead atoms. The topological polar surface area (TPSA) is 25.8 Å². The van der Waals surface area contributed by atoms with Crippen LogP contribution in [-0.2, 0) is 51.7 Å². The van der Waals surface area contributed by atoms with Crippen molar-refractivity contribution in [3.8, 4) is 11.4 Å². The Morgan fingerprint density at radius 2 is 1.31 bits per heavy atom. The van der Waals surface area contributed by atoms with Crippen molar-refractivity contribution in [1.29, 1.82) is 0 Å². The monoisotopic (exact) mass is 671 g/mol. The Morgan fingerprint density at radius 3 is 1.80 bits per heavy atom. The van der Waals surface area contributed by atoms with Crippen LogP contribution in [0.25, 0.3) is 17.0 Å². The summed E-state index contributed by atoms with van der Waals surface area (Å²) >= 11 is 9.49. The minimum absolute atomic E-state index is 0. The maximum Gasteiger partial charge on any atom is 2.00 e. The molecule has 0 unspecified atom stereocenters. The first-order chi connectivity index (χ1) is 16.6. The summed E-state index contributed by atoms with van der Waals surface area (Å²) < 4.78 is 0. The van der Waals surface area contributed by atoms with Crippen molar-refractivity contribution in [1.82, 2.24) is 9.97 Å². The van der Waals surface area contributed by atoms with Gasteiger partial charge in [-0.3, -0.25) is 9.97 Å². The fraction of sp³-hybridized carbons (Fsp3) is 0.0667. The van der Waals surface area contributed by atoms with E-state index in [0.29, 0.717) is 9.81 Å². The van der Waals surface area contributed by atoms with Crippen LogP contribution in [0.1, 0.15) is 29.2 Å². The van der Waals surface area contributed by atoms with E-state index in [1.165, 1.54) is 33.4 Å².